The van der Waals surface area contributed by atoms with Gasteiger partial charge in [-0.15, -0.1) is 0 Å². The maximum absolute atomic E-state index is 13.8. The molecule has 0 amide bonds. The molecule has 4 aromatic rings. The zero-order chi connectivity index (χ0) is 29.0. The number of ether oxygens (including phenoxy) is 3. The summed E-state index contributed by atoms with van der Waals surface area (Å²) in [5.74, 6) is 1.19. The Hall–Kier alpha value is -4.17. The van der Waals surface area contributed by atoms with Gasteiger partial charge >= 0.3 is 5.97 Å². The highest BCUT2D eigenvalue weighted by Crippen LogP contribution is 2.34. The van der Waals surface area contributed by atoms with Crippen molar-refractivity contribution in [2.24, 2.45) is 5.10 Å². The second kappa shape index (κ2) is 12.3. The number of benzene rings is 3. The van der Waals surface area contributed by atoms with Crippen LogP contribution >= 0.6 is 11.6 Å². The van der Waals surface area contributed by atoms with E-state index < -0.39 is 12.1 Å². The third-order valence-corrected chi connectivity index (χ3v) is 6.63. The SMILES string of the molecule is CCOc1cc(C)c(-c2nc3ccccc3c(=O)n2N=Cc2cc(Cl)ccc2O[C@H](C)C(=O)OC)cc1C(C)C. The van der Waals surface area contributed by atoms with Crippen molar-refractivity contribution in [3.8, 4) is 22.9 Å². The Labute approximate surface area is 238 Å². The van der Waals surface area contributed by atoms with Crippen LogP contribution in [0.4, 0.5) is 0 Å². The molecule has 0 aliphatic rings. The normalized spacial score (nSPS) is 12.2. The quantitative estimate of drug-likeness (QED) is 0.174. The maximum atomic E-state index is 13.8. The van der Waals surface area contributed by atoms with Gasteiger partial charge in [0.1, 0.15) is 11.5 Å². The molecule has 0 aliphatic heterocycles. The molecule has 40 heavy (non-hydrogen) atoms. The van der Waals surface area contributed by atoms with Crippen LogP contribution < -0.4 is 15.0 Å². The van der Waals surface area contributed by atoms with Crippen LogP contribution in [-0.4, -0.2) is 41.7 Å². The van der Waals surface area contributed by atoms with Crippen LogP contribution in [0.2, 0.25) is 5.02 Å². The molecule has 0 N–H and O–H groups in total. The molecule has 1 atom stereocenters. The lowest BCUT2D eigenvalue weighted by atomic mass is 9.96. The van der Waals surface area contributed by atoms with Gasteiger partial charge in [0.15, 0.2) is 11.9 Å². The van der Waals surface area contributed by atoms with Crippen LogP contribution in [-0.2, 0) is 9.53 Å². The number of fused-ring (bicyclic) bond motifs is 1. The average molecular weight is 562 g/mol. The van der Waals surface area contributed by atoms with E-state index in [0.29, 0.717) is 39.7 Å². The number of hydrogen-bond acceptors (Lipinski definition) is 7. The second-order valence-electron chi connectivity index (χ2n) is 9.57. The summed E-state index contributed by atoms with van der Waals surface area (Å²) >= 11 is 6.27. The topological polar surface area (TPSA) is 92.0 Å². The lowest BCUT2D eigenvalue weighted by molar-refractivity contribution is -0.147. The minimum Gasteiger partial charge on any atom is -0.494 e. The van der Waals surface area contributed by atoms with E-state index in [4.69, 9.17) is 30.8 Å². The molecule has 9 heteroatoms. The molecular formula is C31H32ClN3O5. The fourth-order valence-corrected chi connectivity index (χ4v) is 4.51. The number of nitrogens with zero attached hydrogens (tertiary/aromatic N) is 3. The third kappa shape index (κ3) is 6.02. The lowest BCUT2D eigenvalue weighted by Gasteiger charge is -2.18. The number of hydrogen-bond donors (Lipinski definition) is 0. The molecule has 0 radical (unpaired) electrons. The monoisotopic (exact) mass is 561 g/mol. The van der Waals surface area contributed by atoms with E-state index in [2.05, 4.69) is 18.9 Å². The Morgan fingerprint density at radius 2 is 1.85 bits per heavy atom. The van der Waals surface area contributed by atoms with E-state index in [1.54, 1.807) is 43.3 Å². The summed E-state index contributed by atoms with van der Waals surface area (Å²) in [6.07, 6.45) is 0.611. The molecule has 0 fully saturated rings. The Bertz CT molecular complexity index is 1640. The molecule has 1 aromatic heterocycles. The minimum atomic E-state index is -0.861. The summed E-state index contributed by atoms with van der Waals surface area (Å²) in [6, 6.07) is 16.1. The van der Waals surface area contributed by atoms with E-state index in [9.17, 15) is 9.59 Å². The molecule has 3 aromatic carbocycles. The fourth-order valence-electron chi connectivity index (χ4n) is 4.33. The predicted molar refractivity (Wildman–Crippen MR) is 158 cm³/mol. The van der Waals surface area contributed by atoms with E-state index in [1.807, 2.05) is 32.0 Å². The van der Waals surface area contributed by atoms with Crippen molar-refractivity contribution < 1.29 is 19.0 Å². The number of esters is 1. The summed E-state index contributed by atoms with van der Waals surface area (Å²) in [5.41, 5.74) is 3.35. The van der Waals surface area contributed by atoms with Crippen molar-refractivity contribution in [3.05, 3.63) is 86.7 Å². The van der Waals surface area contributed by atoms with E-state index >= 15 is 0 Å². The first kappa shape index (κ1) is 28.8. The minimum absolute atomic E-state index is 0.174. The van der Waals surface area contributed by atoms with Gasteiger partial charge < -0.3 is 14.2 Å². The van der Waals surface area contributed by atoms with Gasteiger partial charge in [-0.3, -0.25) is 4.79 Å². The molecule has 1 heterocycles. The third-order valence-electron chi connectivity index (χ3n) is 6.39. The Kier molecular flexibility index (Phi) is 8.90. The van der Waals surface area contributed by atoms with Gasteiger partial charge in [0.25, 0.3) is 5.56 Å². The molecule has 0 bridgehead atoms. The second-order valence-corrected chi connectivity index (χ2v) is 10.0. The maximum Gasteiger partial charge on any atom is 0.346 e. The highest BCUT2D eigenvalue weighted by atomic mass is 35.5. The number of carbonyl (C=O) groups excluding carboxylic acids is 1. The molecule has 4 rings (SSSR count). The summed E-state index contributed by atoms with van der Waals surface area (Å²) in [4.78, 5) is 30.6. The molecule has 8 nitrogen and oxygen atoms in total. The number of halogens is 1. The van der Waals surface area contributed by atoms with Gasteiger partial charge in [-0.05, 0) is 80.3 Å². The van der Waals surface area contributed by atoms with Gasteiger partial charge in [-0.25, -0.2) is 9.78 Å². The summed E-state index contributed by atoms with van der Waals surface area (Å²) in [5, 5.41) is 5.45. The van der Waals surface area contributed by atoms with Crippen LogP contribution in [0.1, 0.15) is 50.3 Å². The number of methoxy groups -OCH3 is 1. The van der Waals surface area contributed by atoms with Crippen molar-refractivity contribution in [2.45, 2.75) is 46.6 Å². The molecule has 0 unspecified atom stereocenters. The molecule has 0 saturated carbocycles. The molecule has 0 saturated heterocycles. The zero-order valence-electron chi connectivity index (χ0n) is 23.4. The average Bonchev–Trinajstić information content (AvgIpc) is 2.93. The number of aryl methyl sites for hydroxylation is 1. The summed E-state index contributed by atoms with van der Waals surface area (Å²) < 4.78 is 17.8. The first-order chi connectivity index (χ1) is 19.1. The van der Waals surface area contributed by atoms with Gasteiger partial charge in [0.2, 0.25) is 0 Å². The van der Waals surface area contributed by atoms with Crippen molar-refractivity contribution >= 4 is 34.7 Å². The van der Waals surface area contributed by atoms with E-state index in [-0.39, 0.29) is 11.5 Å². The van der Waals surface area contributed by atoms with Crippen LogP contribution in [0.5, 0.6) is 11.5 Å². The first-order valence-corrected chi connectivity index (χ1v) is 13.4. The van der Waals surface area contributed by atoms with Gasteiger partial charge in [-0.2, -0.15) is 9.78 Å². The van der Waals surface area contributed by atoms with Crippen molar-refractivity contribution in [3.63, 3.8) is 0 Å². The van der Waals surface area contributed by atoms with Crippen LogP contribution in [0, 0.1) is 6.92 Å². The van der Waals surface area contributed by atoms with Gasteiger partial charge in [-0.1, -0.05) is 37.6 Å². The largest absolute Gasteiger partial charge is 0.494 e. The van der Waals surface area contributed by atoms with Crippen LogP contribution in [0.3, 0.4) is 0 Å². The first-order valence-electron chi connectivity index (χ1n) is 13.0. The van der Waals surface area contributed by atoms with E-state index in [0.717, 1.165) is 22.4 Å². The Morgan fingerprint density at radius 1 is 1.10 bits per heavy atom. The summed E-state index contributed by atoms with van der Waals surface area (Å²) in [6.45, 7) is 10.2. The van der Waals surface area contributed by atoms with Gasteiger partial charge in [0.05, 0.1) is 30.8 Å². The van der Waals surface area contributed by atoms with Crippen molar-refractivity contribution in [1.82, 2.24) is 9.66 Å². The number of para-hydroxylation sites is 1. The Balaban J connectivity index is 1.92. The van der Waals surface area contributed by atoms with Crippen molar-refractivity contribution in [1.29, 1.82) is 0 Å². The molecule has 0 spiro atoms. The standard InChI is InChI=1S/C31H32ClN3O5/c1-7-39-28-14-19(4)25(16-24(28)18(2)3)29-34-26-11-9-8-10-23(26)30(36)35(29)33-17-21-15-22(32)12-13-27(21)40-20(5)31(37)38-6/h8-18,20H,7H2,1-6H3/t20-/m1/s1. The summed E-state index contributed by atoms with van der Waals surface area (Å²) in [7, 11) is 1.29. The molecule has 0 aliphatic carbocycles. The highest BCUT2D eigenvalue weighted by molar-refractivity contribution is 6.30. The zero-order valence-corrected chi connectivity index (χ0v) is 24.2. The van der Waals surface area contributed by atoms with Crippen molar-refractivity contribution in [2.75, 3.05) is 13.7 Å². The predicted octanol–water partition coefficient (Wildman–Crippen LogP) is 6.37. The Morgan fingerprint density at radius 3 is 2.55 bits per heavy atom. The lowest BCUT2D eigenvalue weighted by Crippen LogP contribution is -2.25. The smallest absolute Gasteiger partial charge is 0.346 e. The van der Waals surface area contributed by atoms with Crippen LogP contribution in [0.25, 0.3) is 22.3 Å². The molecular weight excluding hydrogens is 530 g/mol. The highest BCUT2D eigenvalue weighted by Gasteiger charge is 2.20. The number of carbonyl (C=O) groups is 1. The number of aromatic nitrogens is 2. The van der Waals surface area contributed by atoms with E-state index in [1.165, 1.54) is 18.0 Å². The van der Waals surface area contributed by atoms with Crippen LogP contribution in [0.15, 0.2) is 64.5 Å². The number of rotatable bonds is 9. The molecule has 208 valence electrons. The fraction of sp³-hybridized carbons (Fsp3) is 0.290. The van der Waals surface area contributed by atoms with Gasteiger partial charge in [0, 0.05) is 16.1 Å².